The van der Waals surface area contributed by atoms with Crippen LogP contribution < -0.4 is 5.32 Å². The molecule has 3 rings (SSSR count). The van der Waals surface area contributed by atoms with Crippen molar-refractivity contribution in [1.82, 2.24) is 9.21 Å². The first-order chi connectivity index (χ1) is 14.3. The van der Waals surface area contributed by atoms with Crippen molar-refractivity contribution < 1.29 is 22.7 Å². The fourth-order valence-corrected chi connectivity index (χ4v) is 5.44. The highest BCUT2D eigenvalue weighted by Crippen LogP contribution is 2.28. The molecule has 0 aromatic heterocycles. The van der Waals surface area contributed by atoms with Gasteiger partial charge in [0.25, 0.3) is 0 Å². The standard InChI is InChI=1S/C20H26ClN3O5S/c1-23(20(26)15-5-3-2-4-6-15)14-19(25)22-16-7-8-17(21)18(13-16)30(27,28)24-9-11-29-12-10-24/h2-3,7-8,13,15H,4-6,9-12,14H2,1H3,(H,22,25)/t15-/m0/s1. The average Bonchev–Trinajstić information content (AvgIpc) is 2.75. The lowest BCUT2D eigenvalue weighted by molar-refractivity contribution is -0.137. The topological polar surface area (TPSA) is 96.0 Å². The summed E-state index contributed by atoms with van der Waals surface area (Å²) >= 11 is 6.14. The highest BCUT2D eigenvalue weighted by Gasteiger charge is 2.29. The number of likely N-dealkylation sites (N-methyl/N-ethyl adjacent to an activating group) is 1. The molecule has 1 N–H and O–H groups in total. The molecule has 1 atom stereocenters. The number of halogens is 1. The van der Waals surface area contributed by atoms with Gasteiger partial charge in [-0.15, -0.1) is 0 Å². The average molecular weight is 456 g/mol. The molecule has 1 aliphatic carbocycles. The second-order valence-electron chi connectivity index (χ2n) is 7.39. The summed E-state index contributed by atoms with van der Waals surface area (Å²) < 4.78 is 32.3. The number of hydrogen-bond donors (Lipinski definition) is 1. The van der Waals surface area contributed by atoms with E-state index in [0.29, 0.717) is 25.3 Å². The van der Waals surface area contributed by atoms with Gasteiger partial charge >= 0.3 is 0 Å². The summed E-state index contributed by atoms with van der Waals surface area (Å²) in [5, 5.41) is 2.74. The normalized spacial score (nSPS) is 20.0. The van der Waals surface area contributed by atoms with E-state index in [0.717, 1.165) is 12.8 Å². The van der Waals surface area contributed by atoms with Gasteiger partial charge in [-0.1, -0.05) is 23.8 Å². The minimum Gasteiger partial charge on any atom is -0.379 e. The number of nitrogens with one attached hydrogen (secondary N) is 1. The quantitative estimate of drug-likeness (QED) is 0.663. The molecule has 1 aromatic rings. The van der Waals surface area contributed by atoms with Gasteiger partial charge in [0.05, 0.1) is 24.8 Å². The molecule has 1 saturated heterocycles. The monoisotopic (exact) mass is 455 g/mol. The van der Waals surface area contributed by atoms with Gasteiger partial charge in [0.2, 0.25) is 21.8 Å². The fraction of sp³-hybridized carbons (Fsp3) is 0.500. The number of ether oxygens (including phenoxy) is 1. The van der Waals surface area contributed by atoms with Gasteiger partial charge in [0.15, 0.2) is 0 Å². The van der Waals surface area contributed by atoms with Crippen molar-refractivity contribution in [1.29, 1.82) is 0 Å². The van der Waals surface area contributed by atoms with Crippen molar-refractivity contribution in [2.24, 2.45) is 5.92 Å². The minimum absolute atomic E-state index is 0.0673. The van der Waals surface area contributed by atoms with Crippen LogP contribution in [0.2, 0.25) is 5.02 Å². The number of hydrogen-bond acceptors (Lipinski definition) is 5. The van der Waals surface area contributed by atoms with E-state index in [-0.39, 0.29) is 41.4 Å². The number of amides is 2. The van der Waals surface area contributed by atoms with Crippen LogP contribution in [0, 0.1) is 5.92 Å². The van der Waals surface area contributed by atoms with Gasteiger partial charge in [0, 0.05) is 31.7 Å². The van der Waals surface area contributed by atoms with E-state index in [1.807, 2.05) is 6.08 Å². The lowest BCUT2D eigenvalue weighted by Crippen LogP contribution is -2.40. The summed E-state index contributed by atoms with van der Waals surface area (Å²) in [6, 6.07) is 4.32. The summed E-state index contributed by atoms with van der Waals surface area (Å²) in [6.45, 7) is 1.03. The Morgan fingerprint density at radius 2 is 2.00 bits per heavy atom. The third kappa shape index (κ3) is 5.40. The smallest absolute Gasteiger partial charge is 0.244 e. The largest absolute Gasteiger partial charge is 0.379 e. The van der Waals surface area contributed by atoms with Crippen molar-refractivity contribution in [3.63, 3.8) is 0 Å². The molecule has 2 amide bonds. The van der Waals surface area contributed by atoms with Crippen molar-refractivity contribution in [2.75, 3.05) is 45.2 Å². The van der Waals surface area contributed by atoms with E-state index in [2.05, 4.69) is 11.4 Å². The summed E-state index contributed by atoms with van der Waals surface area (Å²) in [5.41, 5.74) is 0.303. The summed E-state index contributed by atoms with van der Waals surface area (Å²) in [7, 11) is -2.21. The number of rotatable bonds is 6. The number of morpholine rings is 1. The first-order valence-corrected chi connectivity index (χ1v) is 11.7. The Bertz CT molecular complexity index is 928. The molecule has 0 radical (unpaired) electrons. The van der Waals surface area contributed by atoms with Crippen LogP contribution in [0.3, 0.4) is 0 Å². The van der Waals surface area contributed by atoms with Gasteiger partial charge in [0.1, 0.15) is 4.90 Å². The summed E-state index contributed by atoms with van der Waals surface area (Å²) in [6.07, 6.45) is 6.37. The Labute approximate surface area is 181 Å². The van der Waals surface area contributed by atoms with Crippen LogP contribution in [0.4, 0.5) is 5.69 Å². The maximum absolute atomic E-state index is 12.9. The number of carbonyl (C=O) groups is 2. The van der Waals surface area contributed by atoms with E-state index in [1.54, 1.807) is 7.05 Å². The Hall–Kier alpha value is -1.94. The maximum atomic E-state index is 12.9. The number of nitrogens with zero attached hydrogens (tertiary/aromatic N) is 2. The van der Waals surface area contributed by atoms with Gasteiger partial charge in [-0.05, 0) is 37.5 Å². The predicted octanol–water partition coefficient (Wildman–Crippen LogP) is 2.11. The van der Waals surface area contributed by atoms with Crippen molar-refractivity contribution >= 4 is 39.1 Å². The molecule has 2 aliphatic rings. The van der Waals surface area contributed by atoms with E-state index in [1.165, 1.54) is 27.4 Å². The Balaban J connectivity index is 1.66. The molecule has 164 valence electrons. The van der Waals surface area contributed by atoms with Crippen LogP contribution in [-0.2, 0) is 24.3 Å². The zero-order valence-corrected chi connectivity index (χ0v) is 18.4. The summed E-state index contributed by atoms with van der Waals surface area (Å²) in [4.78, 5) is 26.3. The molecule has 0 saturated carbocycles. The number of carbonyl (C=O) groups excluding carboxylic acids is 2. The highest BCUT2D eigenvalue weighted by atomic mass is 35.5. The molecule has 0 unspecified atom stereocenters. The second kappa shape index (κ2) is 9.91. The van der Waals surface area contributed by atoms with Gasteiger partial charge in [-0.25, -0.2) is 8.42 Å². The lowest BCUT2D eigenvalue weighted by atomic mass is 9.93. The third-order valence-electron chi connectivity index (χ3n) is 5.18. The van der Waals surface area contributed by atoms with E-state index in [4.69, 9.17) is 16.3 Å². The molecule has 8 nitrogen and oxygen atoms in total. The number of allylic oxidation sites excluding steroid dienone is 2. The molecule has 30 heavy (non-hydrogen) atoms. The van der Waals surface area contributed by atoms with Gasteiger partial charge in [-0.2, -0.15) is 4.31 Å². The second-order valence-corrected chi connectivity index (χ2v) is 9.70. The lowest BCUT2D eigenvalue weighted by Gasteiger charge is -2.26. The van der Waals surface area contributed by atoms with E-state index in [9.17, 15) is 18.0 Å². The Morgan fingerprint density at radius 1 is 1.27 bits per heavy atom. The number of benzene rings is 1. The van der Waals surface area contributed by atoms with Crippen molar-refractivity contribution in [2.45, 2.75) is 24.2 Å². The first kappa shape index (κ1) is 22.7. The van der Waals surface area contributed by atoms with Crippen LogP contribution in [0.5, 0.6) is 0 Å². The van der Waals surface area contributed by atoms with Gasteiger partial charge in [-0.3, -0.25) is 9.59 Å². The van der Waals surface area contributed by atoms with Crippen LogP contribution in [0.1, 0.15) is 19.3 Å². The third-order valence-corrected chi connectivity index (χ3v) is 7.56. The highest BCUT2D eigenvalue weighted by molar-refractivity contribution is 7.89. The van der Waals surface area contributed by atoms with Crippen LogP contribution in [0.15, 0.2) is 35.2 Å². The van der Waals surface area contributed by atoms with Crippen molar-refractivity contribution in [3.8, 4) is 0 Å². The number of sulfonamides is 1. The van der Waals surface area contributed by atoms with Crippen LogP contribution in [0.25, 0.3) is 0 Å². The fourth-order valence-electron chi connectivity index (χ4n) is 3.53. The molecule has 1 heterocycles. The number of anilines is 1. The molecule has 10 heteroatoms. The molecule has 0 bridgehead atoms. The molecular formula is C20H26ClN3O5S. The molecule has 1 aromatic carbocycles. The summed E-state index contributed by atoms with van der Waals surface area (Å²) in [5.74, 6) is -0.580. The van der Waals surface area contributed by atoms with Crippen LogP contribution in [-0.4, -0.2) is 69.3 Å². The molecule has 0 spiro atoms. The van der Waals surface area contributed by atoms with Crippen LogP contribution >= 0.6 is 11.6 Å². The Kier molecular flexibility index (Phi) is 7.51. The molecule has 1 aliphatic heterocycles. The first-order valence-electron chi connectivity index (χ1n) is 9.86. The van der Waals surface area contributed by atoms with Gasteiger partial charge < -0.3 is 15.0 Å². The zero-order valence-electron chi connectivity index (χ0n) is 16.8. The predicted molar refractivity (Wildman–Crippen MR) is 114 cm³/mol. The van der Waals surface area contributed by atoms with E-state index >= 15 is 0 Å². The SMILES string of the molecule is CN(CC(=O)Nc1ccc(Cl)c(S(=O)(=O)N2CCOCC2)c1)C(=O)[C@H]1CC=CCC1. The Morgan fingerprint density at radius 3 is 2.67 bits per heavy atom. The minimum atomic E-state index is -3.80. The zero-order chi connectivity index (χ0) is 21.7. The molecule has 1 fully saturated rings. The maximum Gasteiger partial charge on any atom is 0.244 e. The van der Waals surface area contributed by atoms with E-state index < -0.39 is 15.9 Å². The van der Waals surface area contributed by atoms with Crippen molar-refractivity contribution in [3.05, 3.63) is 35.4 Å². The molecular weight excluding hydrogens is 430 g/mol.